The van der Waals surface area contributed by atoms with E-state index in [-0.39, 0.29) is 10.6 Å². The lowest BCUT2D eigenvalue weighted by molar-refractivity contribution is -0.122. The molecule has 6 nitrogen and oxygen atoms in total. The van der Waals surface area contributed by atoms with Crippen molar-refractivity contribution in [3.8, 4) is 0 Å². The van der Waals surface area contributed by atoms with Crippen molar-refractivity contribution in [3.63, 3.8) is 0 Å². The lowest BCUT2D eigenvalue weighted by Gasteiger charge is -2.22. The van der Waals surface area contributed by atoms with Crippen molar-refractivity contribution >= 4 is 29.2 Å². The van der Waals surface area contributed by atoms with Crippen LogP contribution in [0.3, 0.4) is 0 Å². The Hall–Kier alpha value is -1.82. The molecular weight excluding hydrogens is 280 g/mol. The molecule has 0 aliphatic heterocycles. The van der Waals surface area contributed by atoms with Gasteiger partial charge in [0.15, 0.2) is 0 Å². The minimum Gasteiger partial charge on any atom is -0.370 e. The molecule has 2 amide bonds. The van der Waals surface area contributed by atoms with E-state index in [1.165, 1.54) is 20.0 Å². The van der Waals surface area contributed by atoms with Crippen molar-refractivity contribution in [3.05, 3.63) is 22.8 Å². The van der Waals surface area contributed by atoms with Crippen LogP contribution in [-0.4, -0.2) is 28.9 Å². The Morgan fingerprint density at radius 1 is 1.45 bits per heavy atom. The smallest absolute Gasteiger partial charge is 0.253 e. The summed E-state index contributed by atoms with van der Waals surface area (Å²) in [6, 6.07) is 1.55. The second-order valence-corrected chi connectivity index (χ2v) is 5.33. The highest BCUT2D eigenvalue weighted by molar-refractivity contribution is 6.33. The van der Waals surface area contributed by atoms with Crippen LogP contribution in [0, 0.1) is 0 Å². The van der Waals surface area contributed by atoms with Gasteiger partial charge >= 0.3 is 0 Å². The van der Waals surface area contributed by atoms with Crippen LogP contribution in [0.25, 0.3) is 0 Å². The summed E-state index contributed by atoms with van der Waals surface area (Å²) in [5, 5.41) is 5.82. The van der Waals surface area contributed by atoms with E-state index in [2.05, 4.69) is 15.6 Å². The molecule has 1 heterocycles. The van der Waals surface area contributed by atoms with Crippen molar-refractivity contribution in [1.29, 1.82) is 0 Å². The first kappa shape index (κ1) is 16.2. The molecule has 0 aliphatic carbocycles. The molecule has 0 aromatic carbocycles. The molecule has 1 aromatic rings. The van der Waals surface area contributed by atoms with Crippen LogP contribution in [0.4, 0.5) is 5.82 Å². The van der Waals surface area contributed by atoms with E-state index in [0.29, 0.717) is 5.82 Å². The highest BCUT2D eigenvalue weighted by atomic mass is 35.5. The third kappa shape index (κ3) is 4.09. The SMILES string of the molecule is CCCNc1cc(C(=O)NC(C)(C)C(N)=O)c(Cl)cn1. The quantitative estimate of drug-likeness (QED) is 0.742. The van der Waals surface area contributed by atoms with Crippen molar-refractivity contribution in [1.82, 2.24) is 10.3 Å². The molecule has 0 aliphatic rings. The monoisotopic (exact) mass is 298 g/mol. The molecule has 0 radical (unpaired) electrons. The summed E-state index contributed by atoms with van der Waals surface area (Å²) in [4.78, 5) is 27.5. The summed E-state index contributed by atoms with van der Waals surface area (Å²) in [5.41, 5.74) is 4.31. The first-order chi connectivity index (χ1) is 9.27. The molecule has 0 fully saturated rings. The number of halogens is 1. The van der Waals surface area contributed by atoms with E-state index in [1.807, 2.05) is 6.92 Å². The van der Waals surface area contributed by atoms with Gasteiger partial charge in [-0.05, 0) is 26.3 Å². The van der Waals surface area contributed by atoms with E-state index >= 15 is 0 Å². The van der Waals surface area contributed by atoms with Gasteiger partial charge in [0.25, 0.3) is 5.91 Å². The maximum absolute atomic E-state index is 12.2. The molecule has 0 bridgehead atoms. The minimum atomic E-state index is -1.15. The van der Waals surface area contributed by atoms with Crippen molar-refractivity contribution in [2.45, 2.75) is 32.7 Å². The third-order valence-corrected chi connectivity index (χ3v) is 3.00. The van der Waals surface area contributed by atoms with Gasteiger partial charge in [-0.25, -0.2) is 4.98 Å². The predicted octanol–water partition coefficient (Wildman–Crippen LogP) is 1.55. The standard InChI is InChI=1S/C13H19ClN4O2/c1-4-5-16-10-6-8(9(14)7-17-10)11(19)18-13(2,3)12(15)20/h6-7H,4-5H2,1-3H3,(H2,15,20)(H,16,17)(H,18,19). The highest BCUT2D eigenvalue weighted by Crippen LogP contribution is 2.19. The van der Waals surface area contributed by atoms with Crippen molar-refractivity contribution < 1.29 is 9.59 Å². The molecule has 7 heteroatoms. The number of pyridine rings is 1. The molecule has 0 unspecified atom stereocenters. The van der Waals surface area contributed by atoms with Gasteiger partial charge < -0.3 is 16.4 Å². The van der Waals surface area contributed by atoms with Gasteiger partial charge in [0.1, 0.15) is 11.4 Å². The zero-order valence-corrected chi connectivity index (χ0v) is 12.5. The van der Waals surface area contributed by atoms with Gasteiger partial charge in [0.05, 0.1) is 10.6 Å². The minimum absolute atomic E-state index is 0.213. The Kier molecular flexibility index (Phi) is 5.33. The van der Waals surface area contributed by atoms with Crippen LogP contribution >= 0.6 is 11.6 Å². The van der Waals surface area contributed by atoms with E-state index in [4.69, 9.17) is 17.3 Å². The van der Waals surface area contributed by atoms with Gasteiger partial charge in [-0.3, -0.25) is 9.59 Å². The number of amides is 2. The van der Waals surface area contributed by atoms with Crippen LogP contribution in [0.15, 0.2) is 12.3 Å². The topological polar surface area (TPSA) is 97.1 Å². The second kappa shape index (κ2) is 6.56. The summed E-state index contributed by atoms with van der Waals surface area (Å²) < 4.78 is 0. The number of nitrogens with one attached hydrogen (secondary N) is 2. The van der Waals surface area contributed by atoms with E-state index < -0.39 is 17.4 Å². The van der Waals surface area contributed by atoms with E-state index in [1.54, 1.807) is 6.07 Å². The summed E-state index contributed by atoms with van der Waals surface area (Å²) in [5.74, 6) is -0.542. The highest BCUT2D eigenvalue weighted by Gasteiger charge is 2.28. The fourth-order valence-electron chi connectivity index (χ4n) is 1.38. The van der Waals surface area contributed by atoms with Gasteiger partial charge in [0.2, 0.25) is 5.91 Å². The Balaban J connectivity index is 2.94. The number of primary amides is 1. The fraction of sp³-hybridized carbons (Fsp3) is 0.462. The zero-order valence-electron chi connectivity index (χ0n) is 11.8. The van der Waals surface area contributed by atoms with Gasteiger partial charge in [-0.2, -0.15) is 0 Å². The number of aromatic nitrogens is 1. The van der Waals surface area contributed by atoms with Crippen LogP contribution in [-0.2, 0) is 4.79 Å². The largest absolute Gasteiger partial charge is 0.370 e. The van der Waals surface area contributed by atoms with Gasteiger partial charge in [-0.1, -0.05) is 18.5 Å². The predicted molar refractivity (Wildman–Crippen MR) is 78.8 cm³/mol. The maximum Gasteiger partial charge on any atom is 0.253 e. The Morgan fingerprint density at radius 3 is 2.65 bits per heavy atom. The number of anilines is 1. The normalized spacial score (nSPS) is 11.0. The fourth-order valence-corrected chi connectivity index (χ4v) is 1.56. The lowest BCUT2D eigenvalue weighted by atomic mass is 10.0. The molecular formula is C13H19ClN4O2. The molecule has 1 rings (SSSR count). The molecule has 20 heavy (non-hydrogen) atoms. The number of hydrogen-bond acceptors (Lipinski definition) is 4. The van der Waals surface area contributed by atoms with E-state index in [0.717, 1.165) is 13.0 Å². The lowest BCUT2D eigenvalue weighted by Crippen LogP contribution is -2.53. The maximum atomic E-state index is 12.2. The molecule has 0 spiro atoms. The number of hydrogen-bond donors (Lipinski definition) is 3. The Bertz CT molecular complexity index is 517. The second-order valence-electron chi connectivity index (χ2n) is 4.92. The van der Waals surface area contributed by atoms with E-state index in [9.17, 15) is 9.59 Å². The molecule has 0 saturated heterocycles. The molecule has 1 aromatic heterocycles. The van der Waals surface area contributed by atoms with Crippen LogP contribution < -0.4 is 16.4 Å². The van der Waals surface area contributed by atoms with Gasteiger partial charge in [-0.15, -0.1) is 0 Å². The summed E-state index contributed by atoms with van der Waals surface area (Å²) in [6.07, 6.45) is 2.33. The van der Waals surface area contributed by atoms with Crippen LogP contribution in [0.2, 0.25) is 5.02 Å². The summed E-state index contributed by atoms with van der Waals surface area (Å²) in [7, 11) is 0. The Labute approximate surface area is 123 Å². The Morgan fingerprint density at radius 2 is 2.10 bits per heavy atom. The molecule has 4 N–H and O–H groups in total. The third-order valence-electron chi connectivity index (χ3n) is 2.70. The first-order valence-corrected chi connectivity index (χ1v) is 6.67. The average Bonchev–Trinajstić information content (AvgIpc) is 2.37. The number of carbonyl (C=O) groups is 2. The van der Waals surface area contributed by atoms with Crippen molar-refractivity contribution in [2.24, 2.45) is 5.73 Å². The zero-order chi connectivity index (χ0) is 15.3. The average molecular weight is 299 g/mol. The molecule has 110 valence electrons. The first-order valence-electron chi connectivity index (χ1n) is 6.29. The molecule has 0 atom stereocenters. The molecule has 0 saturated carbocycles. The summed E-state index contributed by atoms with van der Waals surface area (Å²) >= 11 is 5.97. The number of rotatable bonds is 6. The number of nitrogens with zero attached hydrogens (tertiary/aromatic N) is 1. The van der Waals surface area contributed by atoms with Crippen molar-refractivity contribution in [2.75, 3.05) is 11.9 Å². The number of carbonyl (C=O) groups excluding carboxylic acids is 2. The van der Waals surface area contributed by atoms with Crippen LogP contribution in [0.1, 0.15) is 37.6 Å². The van der Waals surface area contributed by atoms with Crippen LogP contribution in [0.5, 0.6) is 0 Å². The number of nitrogens with two attached hydrogens (primary N) is 1. The summed E-state index contributed by atoms with van der Waals surface area (Å²) in [6.45, 7) is 5.81. The van der Waals surface area contributed by atoms with Gasteiger partial charge in [0, 0.05) is 12.7 Å².